The molecule has 0 N–H and O–H groups in total. The van der Waals surface area contributed by atoms with Crippen molar-refractivity contribution in [1.82, 2.24) is 0 Å². The Labute approximate surface area is 165 Å². The van der Waals surface area contributed by atoms with Crippen LogP contribution < -0.4 is 4.74 Å². The summed E-state index contributed by atoms with van der Waals surface area (Å²) in [5.74, 6) is -3.37. The zero-order valence-corrected chi connectivity index (χ0v) is 17.0. The zero-order valence-electron chi connectivity index (χ0n) is 12.6. The van der Waals surface area contributed by atoms with E-state index in [0.717, 1.165) is 12.0 Å². The van der Waals surface area contributed by atoms with Gasteiger partial charge in [0.15, 0.2) is 17.5 Å². The molecule has 0 spiro atoms. The average Bonchev–Trinajstić information content (AvgIpc) is 2.59. The monoisotopic (exact) mass is 560 g/mol. The van der Waals surface area contributed by atoms with Gasteiger partial charge < -0.3 is 4.74 Å². The Morgan fingerprint density at radius 2 is 1.62 bits per heavy atom. The third-order valence-corrected chi connectivity index (χ3v) is 5.51. The Bertz CT molecular complexity index is 732. The number of carbonyl (C=O) groups excluding carboxylic acids is 1. The fourth-order valence-corrected chi connectivity index (χ4v) is 3.87. The summed E-state index contributed by atoms with van der Waals surface area (Å²) in [6.07, 6.45) is 0.554. The van der Waals surface area contributed by atoms with Gasteiger partial charge in [0.05, 0.1) is 13.6 Å². The first-order valence-electron chi connectivity index (χ1n) is 7.15. The summed E-state index contributed by atoms with van der Waals surface area (Å²) >= 11 is 3.03. The molecule has 0 unspecified atom stereocenters. The van der Waals surface area contributed by atoms with Gasteiger partial charge in [-0.3, -0.25) is 4.79 Å². The molecule has 0 radical (unpaired) electrons. The van der Waals surface area contributed by atoms with Gasteiger partial charge in [0, 0.05) is 5.56 Å². The zero-order chi connectivity index (χ0) is 17.9. The number of benzene rings is 2. The van der Waals surface area contributed by atoms with Gasteiger partial charge in [0.2, 0.25) is 0 Å². The standard InChI is InChI=1S/C17H13F3I2O2/c1-2-9-3-5-10(6-4-9)24-12(23)8-7-11-13(18)14(19)17(22)15(20)16(11)21/h3-6H,2,7-8H2,1H3. The van der Waals surface area contributed by atoms with E-state index in [0.29, 0.717) is 5.75 Å². The van der Waals surface area contributed by atoms with E-state index >= 15 is 0 Å². The highest BCUT2D eigenvalue weighted by Crippen LogP contribution is 2.28. The topological polar surface area (TPSA) is 26.3 Å². The highest BCUT2D eigenvalue weighted by molar-refractivity contribution is 14.1. The molecule has 0 aliphatic carbocycles. The van der Waals surface area contributed by atoms with Crippen LogP contribution in [-0.2, 0) is 17.6 Å². The van der Waals surface area contributed by atoms with Crippen LogP contribution in [0, 0.1) is 24.6 Å². The summed E-state index contributed by atoms with van der Waals surface area (Å²) in [5, 5.41) is 0. The Balaban J connectivity index is 2.06. The average molecular weight is 560 g/mol. The molecule has 0 bridgehead atoms. The molecule has 2 nitrogen and oxygen atoms in total. The van der Waals surface area contributed by atoms with E-state index in [2.05, 4.69) is 0 Å². The molecule has 2 aromatic carbocycles. The summed E-state index contributed by atoms with van der Waals surface area (Å²) in [6.45, 7) is 2.01. The fraction of sp³-hybridized carbons (Fsp3) is 0.235. The van der Waals surface area contributed by atoms with Crippen molar-refractivity contribution in [3.63, 3.8) is 0 Å². The minimum absolute atomic E-state index is 0.0176. The molecule has 7 heteroatoms. The van der Waals surface area contributed by atoms with Crippen molar-refractivity contribution in [2.75, 3.05) is 0 Å². The van der Waals surface area contributed by atoms with E-state index < -0.39 is 27.0 Å². The maximum absolute atomic E-state index is 14.0. The lowest BCUT2D eigenvalue weighted by Crippen LogP contribution is -2.12. The van der Waals surface area contributed by atoms with Gasteiger partial charge in [-0.05, 0) is 75.7 Å². The maximum atomic E-state index is 14.0. The second kappa shape index (κ2) is 8.50. The number of esters is 1. The lowest BCUT2D eigenvalue weighted by Gasteiger charge is -2.10. The second-order valence-electron chi connectivity index (χ2n) is 5.02. The van der Waals surface area contributed by atoms with Crippen LogP contribution in [0.4, 0.5) is 13.2 Å². The number of halogens is 5. The molecule has 0 aromatic heterocycles. The molecule has 0 saturated carbocycles. The van der Waals surface area contributed by atoms with Crippen molar-refractivity contribution in [2.45, 2.75) is 26.2 Å². The highest BCUT2D eigenvalue weighted by atomic mass is 127. The summed E-state index contributed by atoms with van der Waals surface area (Å²) in [7, 11) is 0. The van der Waals surface area contributed by atoms with Crippen molar-refractivity contribution in [1.29, 1.82) is 0 Å². The van der Waals surface area contributed by atoms with E-state index in [1.807, 2.05) is 19.1 Å². The summed E-state index contributed by atoms with van der Waals surface area (Å²) < 4.78 is 46.2. The number of aryl methyl sites for hydroxylation is 1. The van der Waals surface area contributed by atoms with E-state index in [1.54, 1.807) is 34.7 Å². The third-order valence-electron chi connectivity index (χ3n) is 3.44. The molecule has 0 heterocycles. The molecule has 128 valence electrons. The van der Waals surface area contributed by atoms with Gasteiger partial charge in [-0.1, -0.05) is 19.1 Å². The molecular weight excluding hydrogens is 547 g/mol. The van der Waals surface area contributed by atoms with E-state index in [4.69, 9.17) is 4.74 Å². The number of rotatable bonds is 5. The summed E-state index contributed by atoms with van der Waals surface area (Å²) in [6, 6.07) is 7.03. The predicted molar refractivity (Wildman–Crippen MR) is 102 cm³/mol. The van der Waals surface area contributed by atoms with Crippen LogP contribution in [0.2, 0.25) is 0 Å². The van der Waals surface area contributed by atoms with Crippen LogP contribution in [0.25, 0.3) is 0 Å². The largest absolute Gasteiger partial charge is 0.427 e. The van der Waals surface area contributed by atoms with Crippen LogP contribution in [0.15, 0.2) is 24.3 Å². The molecule has 0 amide bonds. The van der Waals surface area contributed by atoms with Crippen molar-refractivity contribution in [2.24, 2.45) is 0 Å². The van der Waals surface area contributed by atoms with Crippen LogP contribution in [0.1, 0.15) is 24.5 Å². The predicted octanol–water partition coefficient (Wildman–Crippen LogP) is 5.41. The van der Waals surface area contributed by atoms with Crippen LogP contribution in [0.5, 0.6) is 5.75 Å². The quantitative estimate of drug-likeness (QED) is 0.161. The molecule has 2 rings (SSSR count). The molecule has 2 aromatic rings. The first kappa shape index (κ1) is 19.5. The van der Waals surface area contributed by atoms with Crippen molar-refractivity contribution < 1.29 is 22.7 Å². The van der Waals surface area contributed by atoms with Crippen molar-refractivity contribution >= 4 is 51.2 Å². The van der Waals surface area contributed by atoms with Gasteiger partial charge >= 0.3 is 5.97 Å². The van der Waals surface area contributed by atoms with Crippen molar-refractivity contribution in [3.05, 3.63) is 60.0 Å². The lowest BCUT2D eigenvalue weighted by atomic mass is 10.1. The van der Waals surface area contributed by atoms with Crippen LogP contribution >= 0.6 is 45.2 Å². The third kappa shape index (κ3) is 4.41. The maximum Gasteiger partial charge on any atom is 0.311 e. The summed E-state index contributed by atoms with van der Waals surface area (Å²) in [4.78, 5) is 11.9. The minimum Gasteiger partial charge on any atom is -0.427 e. The first-order valence-corrected chi connectivity index (χ1v) is 9.30. The normalized spacial score (nSPS) is 10.8. The molecule has 0 fully saturated rings. The number of hydrogen-bond donors (Lipinski definition) is 0. The number of hydrogen-bond acceptors (Lipinski definition) is 2. The molecule has 0 aliphatic heterocycles. The molecule has 0 aliphatic rings. The highest BCUT2D eigenvalue weighted by Gasteiger charge is 2.22. The molecular formula is C17H13F3I2O2. The van der Waals surface area contributed by atoms with Crippen LogP contribution in [0.3, 0.4) is 0 Å². The number of ether oxygens (including phenoxy) is 1. The summed E-state index contributed by atoms with van der Waals surface area (Å²) in [5.41, 5.74) is 0.959. The second-order valence-corrected chi connectivity index (χ2v) is 7.18. The first-order chi connectivity index (χ1) is 11.3. The Morgan fingerprint density at radius 1 is 1.00 bits per heavy atom. The van der Waals surface area contributed by atoms with Gasteiger partial charge in [0.25, 0.3) is 0 Å². The SMILES string of the molecule is CCc1ccc(OC(=O)CCc2c(F)c(F)c(I)c(F)c2I)cc1. The number of carbonyl (C=O) groups is 1. The smallest absolute Gasteiger partial charge is 0.311 e. The Morgan fingerprint density at radius 3 is 2.21 bits per heavy atom. The minimum atomic E-state index is -1.23. The Hall–Kier alpha value is -0.840. The Kier molecular flexibility index (Phi) is 6.90. The van der Waals surface area contributed by atoms with Gasteiger partial charge in [-0.25, -0.2) is 13.2 Å². The van der Waals surface area contributed by atoms with Gasteiger partial charge in [0.1, 0.15) is 5.75 Å². The van der Waals surface area contributed by atoms with Gasteiger partial charge in [-0.2, -0.15) is 0 Å². The van der Waals surface area contributed by atoms with Gasteiger partial charge in [-0.15, -0.1) is 0 Å². The molecule has 24 heavy (non-hydrogen) atoms. The van der Waals surface area contributed by atoms with E-state index in [1.165, 1.54) is 22.6 Å². The van der Waals surface area contributed by atoms with E-state index in [9.17, 15) is 18.0 Å². The molecule has 0 atom stereocenters. The van der Waals surface area contributed by atoms with Crippen LogP contribution in [-0.4, -0.2) is 5.97 Å². The molecule has 0 saturated heterocycles. The lowest BCUT2D eigenvalue weighted by molar-refractivity contribution is -0.134. The fourth-order valence-electron chi connectivity index (χ4n) is 2.07. The van der Waals surface area contributed by atoms with E-state index in [-0.39, 0.29) is 22.0 Å². The van der Waals surface area contributed by atoms with Crippen molar-refractivity contribution in [3.8, 4) is 5.75 Å².